The van der Waals surface area contributed by atoms with Crippen LogP contribution in [0, 0.1) is 19.3 Å². The average Bonchev–Trinajstić information content (AvgIpc) is 2.18. The summed E-state index contributed by atoms with van der Waals surface area (Å²) in [6, 6.07) is 6.52. The third kappa shape index (κ3) is 3.37. The summed E-state index contributed by atoms with van der Waals surface area (Å²) in [5.74, 6) is 0. The van der Waals surface area contributed by atoms with Gasteiger partial charge in [-0.25, -0.2) is 0 Å². The third-order valence-electron chi connectivity index (χ3n) is 2.97. The van der Waals surface area contributed by atoms with Crippen molar-refractivity contribution in [3.05, 3.63) is 53.1 Å². The Morgan fingerprint density at radius 2 is 1.75 bits per heavy atom. The van der Waals surface area contributed by atoms with E-state index in [4.69, 9.17) is 0 Å². The summed E-state index contributed by atoms with van der Waals surface area (Å²) in [5, 5.41) is 0. The van der Waals surface area contributed by atoms with Crippen molar-refractivity contribution in [2.24, 2.45) is 5.41 Å². The van der Waals surface area contributed by atoms with Crippen LogP contribution in [0.3, 0.4) is 0 Å². The first kappa shape index (κ1) is 12.8. The molecule has 0 aliphatic heterocycles. The highest BCUT2D eigenvalue weighted by Crippen LogP contribution is 2.25. The normalized spacial score (nSPS) is 12.1. The Morgan fingerprint density at radius 1 is 1.12 bits per heavy atom. The van der Waals surface area contributed by atoms with Crippen molar-refractivity contribution < 1.29 is 0 Å². The minimum Gasteiger partial charge on any atom is -0.0953 e. The summed E-state index contributed by atoms with van der Waals surface area (Å²) in [6.07, 6.45) is 4.25. The summed E-state index contributed by atoms with van der Waals surface area (Å²) >= 11 is 0. The van der Waals surface area contributed by atoms with Crippen molar-refractivity contribution in [2.75, 3.05) is 0 Å². The van der Waals surface area contributed by atoms with E-state index in [1.807, 2.05) is 0 Å². The van der Waals surface area contributed by atoms with Crippen LogP contribution in [-0.4, -0.2) is 0 Å². The molecule has 1 rings (SSSR count). The first-order valence-corrected chi connectivity index (χ1v) is 5.75. The van der Waals surface area contributed by atoms with E-state index in [9.17, 15) is 0 Å². The molecule has 86 valence electrons. The van der Waals surface area contributed by atoms with Gasteiger partial charge in [0.1, 0.15) is 0 Å². The summed E-state index contributed by atoms with van der Waals surface area (Å²) in [6.45, 7) is 14.9. The van der Waals surface area contributed by atoms with Crippen molar-refractivity contribution in [1.29, 1.82) is 0 Å². The number of aryl methyl sites for hydroxylation is 2. The highest BCUT2D eigenvalue weighted by Gasteiger charge is 2.11. The van der Waals surface area contributed by atoms with Crippen molar-refractivity contribution in [1.82, 2.24) is 0 Å². The fourth-order valence-corrected chi connectivity index (χ4v) is 1.32. The molecule has 0 nitrogen and oxygen atoms in total. The van der Waals surface area contributed by atoms with Crippen molar-refractivity contribution >= 4 is 6.08 Å². The fraction of sp³-hybridized carbons (Fsp3) is 0.375. The van der Waals surface area contributed by atoms with Gasteiger partial charge in [-0.3, -0.25) is 0 Å². The number of benzene rings is 1. The van der Waals surface area contributed by atoms with E-state index in [1.165, 1.54) is 16.7 Å². The van der Waals surface area contributed by atoms with Crippen LogP contribution in [0.15, 0.2) is 36.4 Å². The lowest BCUT2D eigenvalue weighted by Gasteiger charge is -2.18. The quantitative estimate of drug-likeness (QED) is 0.613. The molecule has 0 radical (unpaired) electrons. The van der Waals surface area contributed by atoms with Crippen LogP contribution in [0.4, 0.5) is 0 Å². The third-order valence-corrected chi connectivity index (χ3v) is 2.97. The van der Waals surface area contributed by atoms with E-state index in [1.54, 1.807) is 0 Å². The summed E-state index contributed by atoms with van der Waals surface area (Å²) in [4.78, 5) is 0. The Morgan fingerprint density at radius 3 is 2.25 bits per heavy atom. The lowest BCUT2D eigenvalue weighted by Crippen LogP contribution is -2.05. The predicted octanol–water partition coefficient (Wildman–Crippen LogP) is 4.92. The monoisotopic (exact) mass is 214 g/mol. The molecule has 0 saturated heterocycles. The summed E-state index contributed by atoms with van der Waals surface area (Å²) in [7, 11) is 0. The van der Waals surface area contributed by atoms with Crippen molar-refractivity contribution in [3.63, 3.8) is 0 Å². The molecule has 0 unspecified atom stereocenters. The molecule has 0 N–H and O–H groups in total. The van der Waals surface area contributed by atoms with Gasteiger partial charge in [0, 0.05) is 0 Å². The maximum absolute atomic E-state index is 4.09. The number of hydrogen-bond acceptors (Lipinski definition) is 0. The van der Waals surface area contributed by atoms with Gasteiger partial charge in [-0.15, -0.1) is 0 Å². The van der Waals surface area contributed by atoms with Crippen LogP contribution >= 0.6 is 0 Å². The maximum atomic E-state index is 4.09. The van der Waals surface area contributed by atoms with E-state index in [0.717, 1.165) is 5.57 Å². The molecule has 0 amide bonds. The van der Waals surface area contributed by atoms with Crippen LogP contribution in [0.1, 0.15) is 37.5 Å². The second kappa shape index (κ2) is 4.69. The maximum Gasteiger partial charge on any atom is -0.0138 e. The smallest absolute Gasteiger partial charge is 0.0138 e. The minimum absolute atomic E-state index is 0.149. The lowest BCUT2D eigenvalue weighted by molar-refractivity contribution is 0.519. The minimum atomic E-state index is 0.149. The molecule has 16 heavy (non-hydrogen) atoms. The van der Waals surface area contributed by atoms with Crippen LogP contribution in [0.5, 0.6) is 0 Å². The molecular formula is C16H22. The molecule has 0 heteroatoms. The van der Waals surface area contributed by atoms with Crippen molar-refractivity contribution in [2.45, 2.75) is 34.6 Å². The first-order chi connectivity index (χ1) is 7.30. The number of rotatable bonds is 2. The van der Waals surface area contributed by atoms with Gasteiger partial charge in [-0.05, 0) is 41.5 Å². The fourth-order valence-electron chi connectivity index (χ4n) is 1.32. The zero-order valence-corrected chi connectivity index (χ0v) is 11.1. The zero-order valence-electron chi connectivity index (χ0n) is 11.1. The van der Waals surface area contributed by atoms with E-state index < -0.39 is 0 Å². The van der Waals surface area contributed by atoms with Crippen LogP contribution in [-0.2, 0) is 0 Å². The number of allylic oxidation sites excluding steroid dienone is 2. The average molecular weight is 214 g/mol. The van der Waals surface area contributed by atoms with E-state index in [2.05, 4.69) is 71.5 Å². The molecule has 0 atom stereocenters. The molecule has 0 aliphatic carbocycles. The molecule has 0 aliphatic rings. The molecule has 0 spiro atoms. The van der Waals surface area contributed by atoms with Crippen molar-refractivity contribution in [3.8, 4) is 0 Å². The summed E-state index contributed by atoms with van der Waals surface area (Å²) in [5.41, 5.74) is 5.23. The van der Waals surface area contributed by atoms with Gasteiger partial charge >= 0.3 is 0 Å². The Kier molecular flexibility index (Phi) is 3.74. The Balaban J connectivity index is 2.85. The zero-order chi connectivity index (χ0) is 12.3. The molecule has 0 heterocycles. The topological polar surface area (TPSA) is 0 Å². The Labute approximate surface area is 99.7 Å². The molecule has 0 bridgehead atoms. The first-order valence-electron chi connectivity index (χ1n) is 5.75. The summed E-state index contributed by atoms with van der Waals surface area (Å²) < 4.78 is 0. The van der Waals surface area contributed by atoms with Gasteiger partial charge in [0.05, 0.1) is 0 Å². The van der Waals surface area contributed by atoms with E-state index >= 15 is 0 Å². The predicted molar refractivity (Wildman–Crippen MR) is 73.5 cm³/mol. The molecule has 1 aromatic rings. The number of hydrogen-bond donors (Lipinski definition) is 0. The van der Waals surface area contributed by atoms with Gasteiger partial charge in [0.25, 0.3) is 0 Å². The van der Waals surface area contributed by atoms with Gasteiger partial charge < -0.3 is 0 Å². The second-order valence-corrected chi connectivity index (χ2v) is 5.45. The molecule has 1 aromatic carbocycles. The largest absolute Gasteiger partial charge is 0.0953 e. The SMILES string of the molecule is C=C(/C=C/c1ccc(C)c(C)c1)C(C)(C)C. The van der Waals surface area contributed by atoms with Crippen LogP contribution in [0.2, 0.25) is 0 Å². The Bertz CT molecular complexity index is 414. The van der Waals surface area contributed by atoms with E-state index in [0.29, 0.717) is 0 Å². The standard InChI is InChI=1S/C16H22/c1-12-7-9-15(11-13(12)2)10-8-14(3)16(4,5)6/h7-11H,3H2,1-2,4-6H3/b10-8+. The van der Waals surface area contributed by atoms with Crippen LogP contribution < -0.4 is 0 Å². The highest BCUT2D eigenvalue weighted by molar-refractivity contribution is 5.55. The lowest BCUT2D eigenvalue weighted by atomic mass is 9.87. The van der Waals surface area contributed by atoms with Gasteiger partial charge in [0.2, 0.25) is 0 Å². The molecule has 0 fully saturated rings. The molecule has 0 saturated carbocycles. The van der Waals surface area contributed by atoms with Crippen LogP contribution in [0.25, 0.3) is 6.08 Å². The van der Waals surface area contributed by atoms with Gasteiger partial charge in [-0.2, -0.15) is 0 Å². The molecule has 0 aromatic heterocycles. The Hall–Kier alpha value is -1.30. The molecular weight excluding hydrogens is 192 g/mol. The van der Waals surface area contributed by atoms with Gasteiger partial charge in [-0.1, -0.05) is 57.7 Å². The van der Waals surface area contributed by atoms with Gasteiger partial charge in [0.15, 0.2) is 0 Å². The van der Waals surface area contributed by atoms with E-state index in [-0.39, 0.29) is 5.41 Å². The second-order valence-electron chi connectivity index (χ2n) is 5.45. The highest BCUT2D eigenvalue weighted by atomic mass is 14.2.